The van der Waals surface area contributed by atoms with E-state index in [4.69, 9.17) is 4.74 Å². The number of rotatable bonds is 11. The van der Waals surface area contributed by atoms with Gasteiger partial charge in [-0.05, 0) is 58.4 Å². The third-order valence-corrected chi connectivity index (χ3v) is 6.47. The number of hydrogen-bond acceptors (Lipinski definition) is 5. The molecule has 0 aromatic heterocycles. The quantitative estimate of drug-likeness (QED) is 0.362. The predicted molar refractivity (Wildman–Crippen MR) is 145 cm³/mol. The summed E-state index contributed by atoms with van der Waals surface area (Å²) in [6.07, 6.45) is 6.27. The number of unbranched alkanes of at least 4 members (excludes halogenated alkanes) is 1. The molecule has 1 aromatic carbocycles. The maximum absolute atomic E-state index is 14.1. The fourth-order valence-electron chi connectivity index (χ4n) is 4.73. The number of benzene rings is 1. The van der Waals surface area contributed by atoms with E-state index in [9.17, 15) is 19.5 Å². The highest BCUT2D eigenvalue weighted by atomic mass is 16.6. The normalized spacial score (nSPS) is 16.1. The minimum Gasteiger partial charge on any atom is -0.508 e. The molecule has 2 rings (SSSR count). The van der Waals surface area contributed by atoms with Crippen molar-refractivity contribution in [1.29, 1.82) is 0 Å². The zero-order chi connectivity index (χ0) is 27.6. The number of amides is 3. The van der Waals surface area contributed by atoms with Gasteiger partial charge in [-0.25, -0.2) is 4.79 Å². The summed E-state index contributed by atoms with van der Waals surface area (Å²) >= 11 is 0. The zero-order valence-electron chi connectivity index (χ0n) is 23.5. The van der Waals surface area contributed by atoms with Gasteiger partial charge in [-0.1, -0.05) is 64.7 Å². The number of para-hydroxylation sites is 1. The van der Waals surface area contributed by atoms with E-state index in [0.717, 1.165) is 38.5 Å². The average molecular weight is 518 g/mol. The second-order valence-electron chi connectivity index (χ2n) is 11.5. The number of hydrogen-bond donors (Lipinski definition) is 3. The third kappa shape index (κ3) is 9.90. The Morgan fingerprint density at radius 2 is 1.76 bits per heavy atom. The summed E-state index contributed by atoms with van der Waals surface area (Å²) in [6.45, 7) is 11.6. The van der Waals surface area contributed by atoms with Gasteiger partial charge in [0, 0.05) is 18.2 Å². The van der Waals surface area contributed by atoms with Crippen molar-refractivity contribution in [3.8, 4) is 5.75 Å². The van der Waals surface area contributed by atoms with Gasteiger partial charge in [0.15, 0.2) is 0 Å². The van der Waals surface area contributed by atoms with E-state index < -0.39 is 23.8 Å². The predicted octanol–water partition coefficient (Wildman–Crippen LogP) is 5.45. The number of alkyl carbamates (subject to hydrolysis) is 1. The van der Waals surface area contributed by atoms with E-state index in [2.05, 4.69) is 10.6 Å². The summed E-state index contributed by atoms with van der Waals surface area (Å²) in [5.41, 5.74) is -0.337. The summed E-state index contributed by atoms with van der Waals surface area (Å²) in [7, 11) is 0. The number of carbonyl (C=O) groups is 3. The Kier molecular flexibility index (Phi) is 11.7. The summed E-state index contributed by atoms with van der Waals surface area (Å²) in [5.74, 6) is -0.601. The van der Waals surface area contributed by atoms with Gasteiger partial charge >= 0.3 is 6.09 Å². The molecule has 0 saturated heterocycles. The first-order valence-corrected chi connectivity index (χ1v) is 13.8. The highest BCUT2D eigenvalue weighted by Crippen LogP contribution is 2.31. The molecule has 1 aliphatic rings. The highest BCUT2D eigenvalue weighted by molar-refractivity contribution is 5.92. The van der Waals surface area contributed by atoms with Gasteiger partial charge in [0.05, 0.1) is 0 Å². The Morgan fingerprint density at radius 1 is 1.11 bits per heavy atom. The van der Waals surface area contributed by atoms with Gasteiger partial charge in [0.2, 0.25) is 11.8 Å². The Balaban J connectivity index is 2.45. The van der Waals surface area contributed by atoms with Crippen molar-refractivity contribution in [3.63, 3.8) is 0 Å². The maximum atomic E-state index is 14.1. The third-order valence-electron chi connectivity index (χ3n) is 6.47. The van der Waals surface area contributed by atoms with Crippen LogP contribution in [-0.4, -0.2) is 52.1 Å². The van der Waals surface area contributed by atoms with Crippen molar-refractivity contribution in [2.45, 2.75) is 117 Å². The van der Waals surface area contributed by atoms with Crippen LogP contribution in [0.3, 0.4) is 0 Å². The highest BCUT2D eigenvalue weighted by Gasteiger charge is 2.38. The number of carbonyl (C=O) groups excluding carboxylic acids is 3. The van der Waals surface area contributed by atoms with Crippen LogP contribution in [0.5, 0.6) is 5.75 Å². The Morgan fingerprint density at radius 3 is 2.32 bits per heavy atom. The van der Waals surface area contributed by atoms with Crippen molar-refractivity contribution in [2.75, 3.05) is 6.54 Å². The molecule has 1 aromatic rings. The molecule has 8 heteroatoms. The minimum atomic E-state index is -1.02. The van der Waals surface area contributed by atoms with Crippen molar-refractivity contribution in [3.05, 3.63) is 29.8 Å². The van der Waals surface area contributed by atoms with E-state index >= 15 is 0 Å². The number of ether oxygens (including phenoxy) is 1. The second-order valence-corrected chi connectivity index (χ2v) is 11.5. The minimum absolute atomic E-state index is 0.0406. The number of nitrogens with zero attached hydrogens (tertiary/aromatic N) is 1. The van der Waals surface area contributed by atoms with Crippen LogP contribution in [0.2, 0.25) is 0 Å². The number of nitrogens with one attached hydrogen (secondary N) is 2. The molecule has 1 fully saturated rings. The molecule has 37 heavy (non-hydrogen) atoms. The molecule has 208 valence electrons. The molecular weight excluding hydrogens is 470 g/mol. The lowest BCUT2D eigenvalue weighted by Crippen LogP contribution is -2.54. The molecule has 1 saturated carbocycles. The summed E-state index contributed by atoms with van der Waals surface area (Å²) in [4.78, 5) is 42.1. The summed E-state index contributed by atoms with van der Waals surface area (Å²) in [5, 5.41) is 16.6. The maximum Gasteiger partial charge on any atom is 0.408 e. The number of aromatic hydroxyl groups is 1. The van der Waals surface area contributed by atoms with Crippen molar-refractivity contribution in [1.82, 2.24) is 15.5 Å². The van der Waals surface area contributed by atoms with E-state index in [1.165, 1.54) is 11.0 Å². The molecule has 2 atom stereocenters. The van der Waals surface area contributed by atoms with E-state index in [1.54, 1.807) is 39.0 Å². The van der Waals surface area contributed by atoms with Crippen LogP contribution in [0, 0.1) is 5.92 Å². The van der Waals surface area contributed by atoms with E-state index in [1.807, 2.05) is 20.8 Å². The lowest BCUT2D eigenvalue weighted by atomic mass is 9.94. The molecular formula is C29H47N3O5. The van der Waals surface area contributed by atoms with Gasteiger partial charge in [0.25, 0.3) is 0 Å². The Hall–Kier alpha value is -2.77. The first-order chi connectivity index (χ1) is 17.4. The molecule has 3 N–H and O–H groups in total. The van der Waals surface area contributed by atoms with Crippen LogP contribution in [0.15, 0.2) is 24.3 Å². The Labute approximate surface area is 222 Å². The lowest BCUT2D eigenvalue weighted by molar-refractivity contribution is -0.143. The molecule has 0 bridgehead atoms. The van der Waals surface area contributed by atoms with Crippen LogP contribution < -0.4 is 10.6 Å². The largest absolute Gasteiger partial charge is 0.508 e. The standard InChI is InChI=1S/C29H47N3O5/c1-7-8-18-32(27(35)23(19-20(2)3)31-28(36)37-29(4,5)6)25(22-16-12-13-17-24(22)33)26(34)30-21-14-10-9-11-15-21/h12-13,16-17,20-21,23,25,33H,7-11,14-15,18-19H2,1-6H3,(H,30,34)(H,31,36). The molecule has 1 aliphatic carbocycles. The van der Waals surface area contributed by atoms with Gasteiger partial charge < -0.3 is 25.4 Å². The molecule has 8 nitrogen and oxygen atoms in total. The molecule has 0 spiro atoms. The number of phenolic OH excluding ortho intramolecular Hbond substituents is 1. The fraction of sp³-hybridized carbons (Fsp3) is 0.690. The van der Waals surface area contributed by atoms with Crippen molar-refractivity contribution in [2.24, 2.45) is 5.92 Å². The van der Waals surface area contributed by atoms with E-state index in [-0.39, 0.29) is 29.5 Å². The van der Waals surface area contributed by atoms with Crippen LogP contribution in [-0.2, 0) is 14.3 Å². The van der Waals surface area contributed by atoms with Gasteiger partial charge in [-0.2, -0.15) is 0 Å². The average Bonchev–Trinajstić information content (AvgIpc) is 2.80. The van der Waals surface area contributed by atoms with Gasteiger partial charge in [-0.15, -0.1) is 0 Å². The SMILES string of the molecule is CCCCN(C(=O)C(CC(C)C)NC(=O)OC(C)(C)C)C(C(=O)NC1CCCCC1)c1ccccc1O. The fourth-order valence-corrected chi connectivity index (χ4v) is 4.73. The van der Waals surface area contributed by atoms with Crippen LogP contribution in [0.1, 0.15) is 105 Å². The van der Waals surface area contributed by atoms with Gasteiger partial charge in [-0.3, -0.25) is 9.59 Å². The zero-order valence-corrected chi connectivity index (χ0v) is 23.5. The molecule has 0 aliphatic heterocycles. The second kappa shape index (κ2) is 14.2. The topological polar surface area (TPSA) is 108 Å². The Bertz CT molecular complexity index is 890. The summed E-state index contributed by atoms with van der Waals surface area (Å²) < 4.78 is 5.43. The van der Waals surface area contributed by atoms with E-state index in [0.29, 0.717) is 24.9 Å². The first-order valence-electron chi connectivity index (χ1n) is 13.8. The van der Waals surface area contributed by atoms with Crippen molar-refractivity contribution >= 4 is 17.9 Å². The first kappa shape index (κ1) is 30.5. The molecule has 2 unspecified atom stereocenters. The molecule has 0 heterocycles. The van der Waals surface area contributed by atoms with Gasteiger partial charge in [0.1, 0.15) is 23.4 Å². The smallest absolute Gasteiger partial charge is 0.408 e. The molecule has 0 radical (unpaired) electrons. The molecule has 3 amide bonds. The lowest BCUT2D eigenvalue weighted by Gasteiger charge is -2.36. The van der Waals surface area contributed by atoms with Crippen LogP contribution in [0.4, 0.5) is 4.79 Å². The number of phenols is 1. The summed E-state index contributed by atoms with van der Waals surface area (Å²) in [6, 6.07) is 4.82. The van der Waals surface area contributed by atoms with Crippen LogP contribution in [0.25, 0.3) is 0 Å². The monoisotopic (exact) mass is 517 g/mol. The van der Waals surface area contributed by atoms with Crippen LogP contribution >= 0.6 is 0 Å². The van der Waals surface area contributed by atoms with Crippen molar-refractivity contribution < 1.29 is 24.2 Å².